The lowest BCUT2D eigenvalue weighted by molar-refractivity contribution is -0.146. The summed E-state index contributed by atoms with van der Waals surface area (Å²) in [5.41, 5.74) is 5.36. The van der Waals surface area contributed by atoms with Gasteiger partial charge in [-0.1, -0.05) is 6.92 Å². The van der Waals surface area contributed by atoms with E-state index in [1.807, 2.05) is 0 Å². The smallest absolute Gasteiger partial charge is 0.342 e. The van der Waals surface area contributed by atoms with Gasteiger partial charge in [-0.3, -0.25) is 9.69 Å². The van der Waals surface area contributed by atoms with Gasteiger partial charge in [-0.15, -0.1) is 0 Å². The molecule has 0 radical (unpaired) electrons. The van der Waals surface area contributed by atoms with Crippen LogP contribution in [0, 0.1) is 5.92 Å². The topological polar surface area (TPSA) is 49.6 Å². The second-order valence-corrected chi connectivity index (χ2v) is 5.33. The van der Waals surface area contributed by atoms with E-state index in [1.54, 1.807) is 11.8 Å². The first-order chi connectivity index (χ1) is 9.35. The molecule has 4 nitrogen and oxygen atoms in total. The van der Waals surface area contributed by atoms with Crippen molar-refractivity contribution in [3.05, 3.63) is 0 Å². The Morgan fingerprint density at radius 1 is 1.45 bits per heavy atom. The molecule has 1 aliphatic heterocycles. The van der Waals surface area contributed by atoms with Gasteiger partial charge in [0.15, 0.2) is 0 Å². The molecule has 0 aromatic carbocycles. The van der Waals surface area contributed by atoms with Crippen LogP contribution in [0.25, 0.3) is 0 Å². The lowest BCUT2D eigenvalue weighted by Gasteiger charge is -2.25. The molecule has 0 aromatic rings. The zero-order valence-electron chi connectivity index (χ0n) is 12.0. The third-order valence-corrected chi connectivity index (χ3v) is 3.60. The molecule has 0 bridgehead atoms. The van der Waals surface area contributed by atoms with Crippen molar-refractivity contribution in [1.82, 2.24) is 9.80 Å². The van der Waals surface area contributed by atoms with Crippen LogP contribution in [0.5, 0.6) is 0 Å². The third kappa shape index (κ3) is 6.09. The summed E-state index contributed by atoms with van der Waals surface area (Å²) in [5, 5.41) is 0. The van der Waals surface area contributed by atoms with Gasteiger partial charge in [-0.05, 0) is 31.8 Å². The van der Waals surface area contributed by atoms with Gasteiger partial charge in [-0.2, -0.15) is 13.2 Å². The van der Waals surface area contributed by atoms with Gasteiger partial charge in [0, 0.05) is 26.1 Å². The number of nitrogens with zero attached hydrogens (tertiary/aromatic N) is 2. The van der Waals surface area contributed by atoms with Gasteiger partial charge >= 0.3 is 6.18 Å². The maximum Gasteiger partial charge on any atom is 0.401 e. The maximum absolute atomic E-state index is 12.4. The molecule has 1 amide bonds. The number of hydrogen-bond donors (Lipinski definition) is 1. The van der Waals surface area contributed by atoms with Gasteiger partial charge in [0.05, 0.1) is 6.54 Å². The predicted molar refractivity (Wildman–Crippen MR) is 71.1 cm³/mol. The van der Waals surface area contributed by atoms with Crippen LogP contribution in [0.2, 0.25) is 0 Å². The largest absolute Gasteiger partial charge is 0.401 e. The van der Waals surface area contributed by atoms with Crippen molar-refractivity contribution in [3.8, 4) is 0 Å². The molecule has 1 atom stereocenters. The summed E-state index contributed by atoms with van der Waals surface area (Å²) in [5.74, 6) is 0.205. The predicted octanol–water partition coefficient (Wildman–Crippen LogP) is 1.46. The summed E-state index contributed by atoms with van der Waals surface area (Å²) >= 11 is 0. The van der Waals surface area contributed by atoms with Crippen molar-refractivity contribution in [3.63, 3.8) is 0 Å². The number of alkyl halides is 3. The monoisotopic (exact) mass is 295 g/mol. The molecule has 0 aliphatic carbocycles. The van der Waals surface area contributed by atoms with Crippen LogP contribution in [0.4, 0.5) is 13.2 Å². The van der Waals surface area contributed by atoms with E-state index >= 15 is 0 Å². The van der Waals surface area contributed by atoms with Crippen molar-refractivity contribution < 1.29 is 18.0 Å². The molecule has 1 rings (SSSR count). The average molecular weight is 295 g/mol. The molecule has 0 spiro atoms. The molecule has 2 N–H and O–H groups in total. The van der Waals surface area contributed by atoms with Crippen molar-refractivity contribution in [2.24, 2.45) is 11.7 Å². The summed E-state index contributed by atoms with van der Waals surface area (Å²) in [6.45, 7) is 3.33. The van der Waals surface area contributed by atoms with Crippen LogP contribution >= 0.6 is 0 Å². The zero-order valence-corrected chi connectivity index (χ0v) is 12.0. The van der Waals surface area contributed by atoms with E-state index in [-0.39, 0.29) is 11.8 Å². The van der Waals surface area contributed by atoms with E-state index in [0.717, 1.165) is 6.42 Å². The summed E-state index contributed by atoms with van der Waals surface area (Å²) in [6.07, 6.45) is -2.29. The summed E-state index contributed by atoms with van der Waals surface area (Å²) in [4.78, 5) is 15.0. The van der Waals surface area contributed by atoms with Gasteiger partial charge in [0.25, 0.3) is 0 Å². The summed E-state index contributed by atoms with van der Waals surface area (Å²) in [6, 6.07) is 0. The molecular formula is C13H24F3N3O. The number of carbonyl (C=O) groups excluding carboxylic acids is 1. The highest BCUT2D eigenvalue weighted by Gasteiger charge is 2.33. The molecule has 1 aliphatic rings. The first-order valence-corrected chi connectivity index (χ1v) is 7.12. The number of likely N-dealkylation sites (tertiary alicyclic amines) is 1. The number of carbonyl (C=O) groups is 1. The van der Waals surface area contributed by atoms with E-state index in [1.165, 1.54) is 4.90 Å². The molecule has 1 unspecified atom stereocenters. The summed E-state index contributed by atoms with van der Waals surface area (Å²) < 4.78 is 37.2. The standard InChI is InChI=1S/C13H24F3N3O/c1-2-18(10-13(14,15)16)8-11-5-7-19(9-11)12(20)4-3-6-17/h11H,2-10,17H2,1H3. The number of amides is 1. The van der Waals surface area contributed by atoms with Crippen LogP contribution in [0.3, 0.4) is 0 Å². The molecule has 7 heteroatoms. The Bertz CT molecular complexity index is 310. The fourth-order valence-corrected chi connectivity index (χ4v) is 2.54. The van der Waals surface area contributed by atoms with Crippen LogP contribution in [-0.4, -0.2) is 61.2 Å². The lowest BCUT2D eigenvalue weighted by atomic mass is 10.1. The minimum Gasteiger partial charge on any atom is -0.342 e. The van der Waals surface area contributed by atoms with E-state index in [2.05, 4.69) is 0 Å². The summed E-state index contributed by atoms with van der Waals surface area (Å²) in [7, 11) is 0. The average Bonchev–Trinajstić information content (AvgIpc) is 2.82. The Morgan fingerprint density at radius 3 is 2.70 bits per heavy atom. The number of hydrogen-bond acceptors (Lipinski definition) is 3. The van der Waals surface area contributed by atoms with Gasteiger partial charge in [0.2, 0.25) is 5.91 Å². The highest BCUT2D eigenvalue weighted by Crippen LogP contribution is 2.21. The van der Waals surface area contributed by atoms with Crippen LogP contribution in [0.1, 0.15) is 26.2 Å². The van der Waals surface area contributed by atoms with Gasteiger partial charge < -0.3 is 10.6 Å². The fourth-order valence-electron chi connectivity index (χ4n) is 2.54. The van der Waals surface area contributed by atoms with E-state index in [0.29, 0.717) is 45.6 Å². The van der Waals surface area contributed by atoms with E-state index < -0.39 is 12.7 Å². The highest BCUT2D eigenvalue weighted by atomic mass is 19.4. The van der Waals surface area contributed by atoms with Crippen molar-refractivity contribution in [2.75, 3.05) is 39.3 Å². The number of rotatable bonds is 7. The van der Waals surface area contributed by atoms with Crippen molar-refractivity contribution >= 4 is 5.91 Å². The third-order valence-electron chi connectivity index (χ3n) is 3.60. The fraction of sp³-hybridized carbons (Fsp3) is 0.923. The molecule has 20 heavy (non-hydrogen) atoms. The number of nitrogens with two attached hydrogens (primary N) is 1. The second kappa shape index (κ2) is 7.83. The van der Waals surface area contributed by atoms with E-state index in [4.69, 9.17) is 5.73 Å². The Morgan fingerprint density at radius 2 is 2.15 bits per heavy atom. The zero-order chi connectivity index (χ0) is 15.2. The quantitative estimate of drug-likeness (QED) is 0.773. The number of halogens is 3. The normalized spacial score (nSPS) is 19.9. The second-order valence-electron chi connectivity index (χ2n) is 5.33. The molecule has 0 aromatic heterocycles. The molecule has 1 heterocycles. The van der Waals surface area contributed by atoms with Crippen LogP contribution in [-0.2, 0) is 4.79 Å². The Hall–Kier alpha value is -0.820. The van der Waals surface area contributed by atoms with Crippen molar-refractivity contribution in [1.29, 1.82) is 0 Å². The van der Waals surface area contributed by atoms with Crippen LogP contribution in [0.15, 0.2) is 0 Å². The molecule has 1 saturated heterocycles. The minimum absolute atomic E-state index is 0.0665. The lowest BCUT2D eigenvalue weighted by Crippen LogP contribution is -2.38. The Balaban J connectivity index is 2.37. The minimum atomic E-state index is -4.16. The van der Waals surface area contributed by atoms with Crippen LogP contribution < -0.4 is 5.73 Å². The Kier molecular flexibility index (Phi) is 6.75. The maximum atomic E-state index is 12.4. The Labute approximate surface area is 118 Å². The first-order valence-electron chi connectivity index (χ1n) is 7.12. The molecule has 0 saturated carbocycles. The molecular weight excluding hydrogens is 271 g/mol. The SMILES string of the molecule is CCN(CC1CCN(C(=O)CCCN)C1)CC(F)(F)F. The van der Waals surface area contributed by atoms with Gasteiger partial charge in [0.1, 0.15) is 0 Å². The van der Waals surface area contributed by atoms with Gasteiger partial charge in [-0.25, -0.2) is 0 Å². The van der Waals surface area contributed by atoms with Crippen molar-refractivity contribution in [2.45, 2.75) is 32.4 Å². The molecule has 1 fully saturated rings. The highest BCUT2D eigenvalue weighted by molar-refractivity contribution is 5.76. The first kappa shape index (κ1) is 17.2. The van der Waals surface area contributed by atoms with E-state index in [9.17, 15) is 18.0 Å². The molecule has 118 valence electrons.